The monoisotopic (exact) mass is 248 g/mol. The third kappa shape index (κ3) is 2.68. The Kier molecular flexibility index (Phi) is 3.09. The number of imide groups is 1. The Morgan fingerprint density at radius 1 is 1.28 bits per heavy atom. The molecule has 3 amide bonds. The van der Waals surface area contributed by atoms with Crippen LogP contribution in [0, 0.1) is 0 Å². The number of amides is 3. The number of carbonyl (C=O) groups excluding carboxylic acids is 2. The Labute approximate surface area is 105 Å². The van der Waals surface area contributed by atoms with E-state index >= 15 is 0 Å². The van der Waals surface area contributed by atoms with Crippen LogP contribution in [0.3, 0.4) is 0 Å². The van der Waals surface area contributed by atoms with Gasteiger partial charge in [-0.05, 0) is 25.0 Å². The zero-order chi connectivity index (χ0) is 13.3. The summed E-state index contributed by atoms with van der Waals surface area (Å²) in [4.78, 5) is 23.8. The molecule has 1 saturated heterocycles. The summed E-state index contributed by atoms with van der Waals surface area (Å²) in [5, 5.41) is 12.1. The number of benzene rings is 1. The maximum absolute atomic E-state index is 11.4. The number of aliphatic hydroxyl groups is 1. The van der Waals surface area contributed by atoms with Gasteiger partial charge in [0.05, 0.1) is 5.60 Å². The highest BCUT2D eigenvalue weighted by Crippen LogP contribution is 2.20. The summed E-state index contributed by atoms with van der Waals surface area (Å²) in [7, 11) is 0. The van der Waals surface area contributed by atoms with Gasteiger partial charge >= 0.3 is 6.03 Å². The number of hydrogen-bond donors (Lipinski definition) is 2. The lowest BCUT2D eigenvalue weighted by Crippen LogP contribution is -2.27. The first-order valence-corrected chi connectivity index (χ1v) is 5.77. The van der Waals surface area contributed by atoms with E-state index in [2.05, 4.69) is 5.32 Å². The summed E-state index contributed by atoms with van der Waals surface area (Å²) in [6.07, 6.45) is 0. The number of nitrogens with zero attached hydrogens (tertiary/aromatic N) is 1. The molecule has 0 bridgehead atoms. The number of nitrogens with one attached hydrogen (secondary N) is 1. The molecule has 0 aliphatic carbocycles. The van der Waals surface area contributed by atoms with Gasteiger partial charge in [-0.2, -0.15) is 0 Å². The molecule has 5 nitrogen and oxygen atoms in total. The predicted molar refractivity (Wildman–Crippen MR) is 65.6 cm³/mol. The lowest BCUT2D eigenvalue weighted by Gasteiger charge is -2.19. The first-order valence-electron chi connectivity index (χ1n) is 5.77. The maximum atomic E-state index is 11.4. The van der Waals surface area contributed by atoms with Crippen molar-refractivity contribution in [3.63, 3.8) is 0 Å². The molecule has 5 heteroatoms. The largest absolute Gasteiger partial charge is 0.386 e. The van der Waals surface area contributed by atoms with Crippen LogP contribution in [0.2, 0.25) is 0 Å². The van der Waals surface area contributed by atoms with Crippen molar-refractivity contribution in [1.82, 2.24) is 10.2 Å². The predicted octanol–water partition coefficient (Wildman–Crippen LogP) is 0.966. The highest BCUT2D eigenvalue weighted by molar-refractivity contribution is 6.01. The topological polar surface area (TPSA) is 69.6 Å². The Balaban J connectivity index is 2.07. The Morgan fingerprint density at radius 2 is 1.89 bits per heavy atom. The van der Waals surface area contributed by atoms with Gasteiger partial charge in [0.25, 0.3) is 0 Å². The molecule has 0 atom stereocenters. The first kappa shape index (κ1) is 12.6. The fourth-order valence-corrected chi connectivity index (χ4v) is 1.85. The van der Waals surface area contributed by atoms with Gasteiger partial charge in [0.2, 0.25) is 5.91 Å². The van der Waals surface area contributed by atoms with Gasteiger partial charge < -0.3 is 10.0 Å². The zero-order valence-electron chi connectivity index (χ0n) is 10.4. The average Bonchev–Trinajstić information content (AvgIpc) is 2.57. The van der Waals surface area contributed by atoms with Crippen LogP contribution in [0.15, 0.2) is 24.3 Å². The van der Waals surface area contributed by atoms with E-state index in [4.69, 9.17) is 0 Å². The van der Waals surface area contributed by atoms with E-state index in [1.54, 1.807) is 13.8 Å². The molecule has 0 spiro atoms. The molecule has 0 unspecified atom stereocenters. The smallest absolute Gasteiger partial charge is 0.324 e. The number of carbonyl (C=O) groups is 2. The van der Waals surface area contributed by atoms with E-state index < -0.39 is 5.60 Å². The highest BCUT2D eigenvalue weighted by atomic mass is 16.3. The van der Waals surface area contributed by atoms with Crippen LogP contribution in [-0.2, 0) is 16.9 Å². The Morgan fingerprint density at radius 3 is 2.33 bits per heavy atom. The third-order valence-corrected chi connectivity index (χ3v) is 2.90. The number of rotatable bonds is 3. The van der Waals surface area contributed by atoms with Gasteiger partial charge in [-0.1, -0.05) is 24.3 Å². The summed E-state index contributed by atoms with van der Waals surface area (Å²) in [6, 6.07) is 7.00. The molecule has 0 radical (unpaired) electrons. The molecule has 96 valence electrons. The van der Waals surface area contributed by atoms with E-state index in [1.807, 2.05) is 24.3 Å². The van der Waals surface area contributed by atoms with Crippen molar-refractivity contribution in [2.75, 3.05) is 6.54 Å². The summed E-state index contributed by atoms with van der Waals surface area (Å²) in [5.74, 6) is -0.270. The van der Waals surface area contributed by atoms with Crippen LogP contribution >= 0.6 is 0 Å². The van der Waals surface area contributed by atoms with E-state index in [0.29, 0.717) is 6.54 Å². The van der Waals surface area contributed by atoms with Gasteiger partial charge in [0, 0.05) is 6.54 Å². The number of urea groups is 1. The van der Waals surface area contributed by atoms with Crippen molar-refractivity contribution in [2.24, 2.45) is 0 Å². The van der Waals surface area contributed by atoms with Crippen LogP contribution in [-0.4, -0.2) is 28.5 Å². The second-order valence-corrected chi connectivity index (χ2v) is 4.97. The first-order chi connectivity index (χ1) is 8.36. The van der Waals surface area contributed by atoms with E-state index in [1.165, 1.54) is 4.90 Å². The van der Waals surface area contributed by atoms with Gasteiger partial charge in [0.15, 0.2) is 0 Å². The summed E-state index contributed by atoms with van der Waals surface area (Å²) < 4.78 is 0. The minimum absolute atomic E-state index is 0.103. The quantitative estimate of drug-likeness (QED) is 0.783. The molecule has 1 fully saturated rings. The van der Waals surface area contributed by atoms with Crippen molar-refractivity contribution in [1.29, 1.82) is 0 Å². The van der Waals surface area contributed by atoms with Gasteiger partial charge in [0.1, 0.15) is 6.54 Å². The van der Waals surface area contributed by atoms with E-state index in [0.717, 1.165) is 11.1 Å². The summed E-state index contributed by atoms with van der Waals surface area (Å²) >= 11 is 0. The Bertz CT molecular complexity index is 474. The molecule has 1 aliphatic rings. The second-order valence-electron chi connectivity index (χ2n) is 4.97. The molecule has 1 aromatic rings. The standard InChI is InChI=1S/C13H16N2O3/c1-13(2,18)10-5-3-9(4-6-10)7-15-8-11(16)14-12(15)17/h3-6,18H,7-8H2,1-2H3,(H,14,16,17). The molecule has 2 rings (SSSR count). The molecular formula is C13H16N2O3. The molecule has 1 aromatic carbocycles. The fourth-order valence-electron chi connectivity index (χ4n) is 1.85. The van der Waals surface area contributed by atoms with E-state index in [-0.39, 0.29) is 18.5 Å². The molecular weight excluding hydrogens is 232 g/mol. The van der Waals surface area contributed by atoms with Gasteiger partial charge in [-0.15, -0.1) is 0 Å². The minimum Gasteiger partial charge on any atom is -0.386 e. The lowest BCUT2D eigenvalue weighted by molar-refractivity contribution is -0.118. The van der Waals surface area contributed by atoms with Crippen LogP contribution in [0.5, 0.6) is 0 Å². The molecule has 0 saturated carbocycles. The second kappa shape index (κ2) is 4.42. The normalized spacial score (nSPS) is 16.1. The average molecular weight is 248 g/mol. The molecule has 0 aromatic heterocycles. The van der Waals surface area contributed by atoms with E-state index in [9.17, 15) is 14.7 Å². The van der Waals surface area contributed by atoms with Crippen LogP contribution in [0.25, 0.3) is 0 Å². The zero-order valence-corrected chi connectivity index (χ0v) is 10.4. The van der Waals surface area contributed by atoms with Gasteiger partial charge in [-0.25, -0.2) is 4.79 Å². The number of hydrogen-bond acceptors (Lipinski definition) is 3. The minimum atomic E-state index is -0.875. The third-order valence-electron chi connectivity index (χ3n) is 2.90. The van der Waals surface area contributed by atoms with Crippen molar-refractivity contribution in [3.05, 3.63) is 35.4 Å². The van der Waals surface area contributed by atoms with Crippen LogP contribution in [0.1, 0.15) is 25.0 Å². The fraction of sp³-hybridized carbons (Fsp3) is 0.385. The lowest BCUT2D eigenvalue weighted by atomic mass is 9.97. The van der Waals surface area contributed by atoms with Crippen molar-refractivity contribution < 1.29 is 14.7 Å². The van der Waals surface area contributed by atoms with Gasteiger partial charge in [-0.3, -0.25) is 10.1 Å². The molecule has 1 heterocycles. The van der Waals surface area contributed by atoms with Crippen LogP contribution in [0.4, 0.5) is 4.79 Å². The Hall–Kier alpha value is -1.88. The highest BCUT2D eigenvalue weighted by Gasteiger charge is 2.26. The molecule has 18 heavy (non-hydrogen) atoms. The van der Waals surface area contributed by atoms with Crippen molar-refractivity contribution in [2.45, 2.75) is 26.0 Å². The molecule has 1 aliphatic heterocycles. The maximum Gasteiger partial charge on any atom is 0.324 e. The summed E-state index contributed by atoms with van der Waals surface area (Å²) in [6.45, 7) is 3.93. The summed E-state index contributed by atoms with van der Waals surface area (Å²) in [5.41, 5.74) is 0.862. The van der Waals surface area contributed by atoms with Crippen molar-refractivity contribution in [3.8, 4) is 0 Å². The van der Waals surface area contributed by atoms with Crippen LogP contribution < -0.4 is 5.32 Å². The SMILES string of the molecule is CC(C)(O)c1ccc(CN2CC(=O)NC2=O)cc1. The molecule has 2 N–H and O–H groups in total. The van der Waals surface area contributed by atoms with Crippen molar-refractivity contribution >= 4 is 11.9 Å².